The summed E-state index contributed by atoms with van der Waals surface area (Å²) >= 11 is 1.77. The van der Waals surface area contributed by atoms with Gasteiger partial charge in [-0.1, -0.05) is 12.8 Å². The average Bonchev–Trinajstić information content (AvgIpc) is 2.85. The van der Waals surface area contributed by atoms with Gasteiger partial charge >= 0.3 is 6.03 Å². The van der Waals surface area contributed by atoms with Crippen LogP contribution in [0.4, 0.5) is 10.6 Å². The summed E-state index contributed by atoms with van der Waals surface area (Å²) in [6.45, 7) is 8.87. The average molecular weight is 387 g/mol. The van der Waals surface area contributed by atoms with Gasteiger partial charge in [0.25, 0.3) is 0 Å². The molecule has 2 N–H and O–H groups in total. The van der Waals surface area contributed by atoms with Crippen LogP contribution in [0.5, 0.6) is 0 Å². The van der Waals surface area contributed by atoms with Gasteiger partial charge in [0.05, 0.1) is 6.04 Å². The van der Waals surface area contributed by atoms with Crippen molar-refractivity contribution in [3.8, 4) is 0 Å². The van der Waals surface area contributed by atoms with E-state index in [9.17, 15) is 4.79 Å². The number of hydrogen-bond donors (Lipinski definition) is 2. The minimum atomic E-state index is -0.140. The van der Waals surface area contributed by atoms with Gasteiger partial charge in [-0.25, -0.2) is 9.78 Å². The van der Waals surface area contributed by atoms with Crippen molar-refractivity contribution in [3.05, 3.63) is 45.3 Å². The maximum Gasteiger partial charge on any atom is 0.315 e. The van der Waals surface area contributed by atoms with Gasteiger partial charge in [-0.2, -0.15) is 0 Å². The zero-order valence-corrected chi connectivity index (χ0v) is 17.4. The summed E-state index contributed by atoms with van der Waals surface area (Å²) < 4.78 is 0. The first-order chi connectivity index (χ1) is 13.0. The SMILES string of the molecule is Cc1cc(C(C)NC(=O)NCc2ccnc(N3CCCCCC3)c2)c(C)s1. The highest BCUT2D eigenvalue weighted by atomic mass is 32.1. The van der Waals surface area contributed by atoms with Gasteiger partial charge in [0.2, 0.25) is 0 Å². The van der Waals surface area contributed by atoms with Crippen LogP contribution in [0, 0.1) is 13.8 Å². The standard InChI is InChI=1S/C21H30N4OS/c1-15-12-19(17(3)27-15)16(2)24-21(26)23-14-18-8-9-22-20(13-18)25-10-6-4-5-7-11-25/h8-9,12-13,16H,4-7,10-11,14H2,1-3H3,(H2,23,24,26). The highest BCUT2D eigenvalue weighted by molar-refractivity contribution is 7.12. The molecule has 1 atom stereocenters. The Balaban J connectivity index is 1.54. The van der Waals surface area contributed by atoms with Crippen molar-refractivity contribution in [1.82, 2.24) is 15.6 Å². The number of aryl methyl sites for hydroxylation is 2. The number of nitrogens with zero attached hydrogens (tertiary/aromatic N) is 2. The molecule has 0 spiro atoms. The van der Waals surface area contributed by atoms with E-state index < -0.39 is 0 Å². The normalized spacial score (nSPS) is 15.9. The first kappa shape index (κ1) is 19.7. The second-order valence-corrected chi connectivity index (χ2v) is 8.80. The lowest BCUT2D eigenvalue weighted by Gasteiger charge is -2.22. The zero-order valence-electron chi connectivity index (χ0n) is 16.5. The Morgan fingerprint density at radius 3 is 2.63 bits per heavy atom. The van der Waals surface area contributed by atoms with Gasteiger partial charge in [0, 0.05) is 35.6 Å². The molecule has 2 aromatic heterocycles. The fraction of sp³-hybridized carbons (Fsp3) is 0.524. The van der Waals surface area contributed by atoms with Crippen LogP contribution in [0.2, 0.25) is 0 Å². The lowest BCUT2D eigenvalue weighted by atomic mass is 10.1. The van der Waals surface area contributed by atoms with Crippen LogP contribution in [0.25, 0.3) is 0 Å². The molecule has 1 aliphatic rings. The van der Waals surface area contributed by atoms with Crippen LogP contribution in [0.1, 0.15) is 59.5 Å². The van der Waals surface area contributed by atoms with Gasteiger partial charge < -0.3 is 15.5 Å². The second kappa shape index (κ2) is 9.22. The van der Waals surface area contributed by atoms with Crippen molar-refractivity contribution < 1.29 is 4.79 Å². The molecule has 5 nitrogen and oxygen atoms in total. The Labute approximate surface area is 166 Å². The first-order valence-corrected chi connectivity index (χ1v) is 10.7. The molecule has 0 aliphatic carbocycles. The summed E-state index contributed by atoms with van der Waals surface area (Å²) in [5.41, 5.74) is 2.27. The third-order valence-electron chi connectivity index (χ3n) is 5.09. The van der Waals surface area contributed by atoms with Crippen LogP contribution in [-0.2, 0) is 6.54 Å². The number of carbonyl (C=O) groups is 1. The molecule has 27 heavy (non-hydrogen) atoms. The third-order valence-corrected chi connectivity index (χ3v) is 6.07. The quantitative estimate of drug-likeness (QED) is 0.783. The molecule has 1 unspecified atom stereocenters. The number of urea groups is 1. The lowest BCUT2D eigenvalue weighted by molar-refractivity contribution is 0.237. The molecule has 3 heterocycles. The van der Waals surface area contributed by atoms with Gasteiger partial charge in [0.1, 0.15) is 5.82 Å². The van der Waals surface area contributed by atoms with Crippen LogP contribution < -0.4 is 15.5 Å². The van der Waals surface area contributed by atoms with E-state index in [1.165, 1.54) is 41.0 Å². The molecule has 0 radical (unpaired) electrons. The number of carbonyl (C=O) groups excluding carboxylic acids is 1. The molecule has 0 saturated carbocycles. The number of amides is 2. The van der Waals surface area contributed by atoms with Crippen molar-refractivity contribution in [2.45, 2.75) is 59.0 Å². The Morgan fingerprint density at radius 2 is 1.96 bits per heavy atom. The van der Waals surface area contributed by atoms with E-state index in [-0.39, 0.29) is 12.1 Å². The zero-order chi connectivity index (χ0) is 19.2. The monoisotopic (exact) mass is 386 g/mol. The maximum atomic E-state index is 12.3. The molecule has 146 valence electrons. The number of pyridine rings is 1. The van der Waals surface area contributed by atoms with Crippen molar-refractivity contribution in [1.29, 1.82) is 0 Å². The van der Waals surface area contributed by atoms with Crippen molar-refractivity contribution >= 4 is 23.2 Å². The molecule has 1 saturated heterocycles. The largest absolute Gasteiger partial charge is 0.357 e. The van der Waals surface area contributed by atoms with E-state index >= 15 is 0 Å². The van der Waals surface area contributed by atoms with Crippen LogP contribution in [0.3, 0.4) is 0 Å². The first-order valence-electron chi connectivity index (χ1n) is 9.84. The van der Waals surface area contributed by atoms with Gasteiger partial charge in [0.15, 0.2) is 0 Å². The Morgan fingerprint density at radius 1 is 1.22 bits per heavy atom. The fourth-order valence-corrected chi connectivity index (χ4v) is 4.65. The van der Waals surface area contributed by atoms with Crippen molar-refractivity contribution in [2.24, 2.45) is 0 Å². The molecular formula is C21H30N4OS. The minimum Gasteiger partial charge on any atom is -0.357 e. The van der Waals surface area contributed by atoms with Crippen molar-refractivity contribution in [2.75, 3.05) is 18.0 Å². The van der Waals surface area contributed by atoms with Gasteiger partial charge in [-0.3, -0.25) is 0 Å². The summed E-state index contributed by atoms with van der Waals surface area (Å²) in [6.07, 6.45) is 6.91. The molecule has 6 heteroatoms. The highest BCUT2D eigenvalue weighted by Crippen LogP contribution is 2.26. The van der Waals surface area contributed by atoms with Gasteiger partial charge in [-0.05, 0) is 62.9 Å². The summed E-state index contributed by atoms with van der Waals surface area (Å²) in [5.74, 6) is 1.02. The lowest BCUT2D eigenvalue weighted by Crippen LogP contribution is -2.36. The molecule has 0 bridgehead atoms. The number of nitrogens with one attached hydrogen (secondary N) is 2. The van der Waals surface area contributed by atoms with E-state index in [1.54, 1.807) is 11.3 Å². The molecule has 2 amide bonds. The second-order valence-electron chi connectivity index (χ2n) is 7.34. The summed E-state index contributed by atoms with van der Waals surface area (Å²) in [4.78, 5) is 21.7. The maximum absolute atomic E-state index is 12.3. The third kappa shape index (κ3) is 5.45. The topological polar surface area (TPSA) is 57.3 Å². The molecule has 3 rings (SSSR count). The van der Waals surface area contributed by atoms with Crippen molar-refractivity contribution in [3.63, 3.8) is 0 Å². The predicted molar refractivity (Wildman–Crippen MR) is 112 cm³/mol. The van der Waals surface area contributed by atoms with Crippen LogP contribution in [0.15, 0.2) is 24.4 Å². The summed E-state index contributed by atoms with van der Waals surface area (Å²) in [6, 6.07) is 6.08. The fourth-order valence-electron chi connectivity index (χ4n) is 3.63. The molecule has 1 aliphatic heterocycles. The van der Waals surface area contributed by atoms with E-state index in [2.05, 4.69) is 46.5 Å². The van der Waals surface area contributed by atoms with Gasteiger partial charge in [-0.15, -0.1) is 11.3 Å². The van der Waals surface area contributed by atoms with Crippen LogP contribution >= 0.6 is 11.3 Å². The number of anilines is 1. The minimum absolute atomic E-state index is 0.0000472. The molecule has 2 aromatic rings. The molecular weight excluding hydrogens is 356 g/mol. The number of thiophene rings is 1. The Kier molecular flexibility index (Phi) is 6.72. The number of hydrogen-bond acceptors (Lipinski definition) is 4. The van der Waals surface area contributed by atoms with Crippen LogP contribution in [-0.4, -0.2) is 24.1 Å². The number of rotatable bonds is 5. The smallest absolute Gasteiger partial charge is 0.315 e. The molecule has 0 aromatic carbocycles. The summed E-state index contributed by atoms with van der Waals surface area (Å²) in [5, 5.41) is 6.01. The molecule has 1 fully saturated rings. The van der Waals surface area contributed by atoms with E-state index in [1.807, 2.05) is 19.2 Å². The predicted octanol–water partition coefficient (Wildman–Crippen LogP) is 4.70. The number of aromatic nitrogens is 1. The summed E-state index contributed by atoms with van der Waals surface area (Å²) in [7, 11) is 0. The highest BCUT2D eigenvalue weighted by Gasteiger charge is 2.14. The van der Waals surface area contributed by atoms with E-state index in [4.69, 9.17) is 0 Å². The van der Waals surface area contributed by atoms with E-state index in [0.717, 1.165) is 24.5 Å². The van der Waals surface area contributed by atoms with E-state index in [0.29, 0.717) is 6.54 Å². The Hall–Kier alpha value is -2.08. The Bertz CT molecular complexity index is 765.